The Morgan fingerprint density at radius 2 is 1.87 bits per heavy atom. The summed E-state index contributed by atoms with van der Waals surface area (Å²) in [6, 6.07) is 5.07. The zero-order chi connectivity index (χ0) is 11.5. The van der Waals surface area contributed by atoms with Crippen LogP contribution in [-0.4, -0.2) is 24.8 Å². The minimum atomic E-state index is -4.19. The van der Waals surface area contributed by atoms with Gasteiger partial charge in [-0.25, -0.2) is 0 Å². The summed E-state index contributed by atoms with van der Waals surface area (Å²) in [5.41, 5.74) is 0.410. The van der Waals surface area contributed by atoms with Crippen molar-refractivity contribution in [2.75, 3.05) is 11.2 Å². The second-order valence-corrected chi connectivity index (χ2v) is 4.37. The van der Waals surface area contributed by atoms with Gasteiger partial charge in [-0.05, 0) is 24.3 Å². The number of anilines is 1. The molecule has 2 N–H and O–H groups in total. The number of amides is 1. The second-order valence-electron chi connectivity index (χ2n) is 2.68. The predicted octanol–water partition coefficient (Wildman–Crippen LogP) is 1.11. The van der Waals surface area contributed by atoms with E-state index in [9.17, 15) is 13.2 Å². The van der Waals surface area contributed by atoms with Gasteiger partial charge in [-0.15, -0.1) is 11.6 Å². The lowest BCUT2D eigenvalue weighted by atomic mass is 10.3. The van der Waals surface area contributed by atoms with Crippen molar-refractivity contribution in [3.8, 4) is 0 Å². The lowest BCUT2D eigenvalue weighted by Crippen LogP contribution is -2.12. The maximum Gasteiger partial charge on any atom is 0.294 e. The summed E-state index contributed by atoms with van der Waals surface area (Å²) in [6.45, 7) is 0. The molecule has 0 unspecified atom stereocenters. The number of rotatable bonds is 3. The molecular formula is C8H8ClNO4S. The molecule has 1 aromatic carbocycles. The fourth-order valence-corrected chi connectivity index (χ4v) is 1.45. The molecule has 0 aliphatic heterocycles. The molecule has 1 aromatic rings. The first-order valence-electron chi connectivity index (χ1n) is 3.87. The molecule has 0 aliphatic rings. The number of hydrogen-bond acceptors (Lipinski definition) is 3. The fraction of sp³-hybridized carbons (Fsp3) is 0.125. The van der Waals surface area contributed by atoms with Crippen LogP contribution in [0.15, 0.2) is 29.2 Å². The van der Waals surface area contributed by atoms with Crippen LogP contribution >= 0.6 is 11.6 Å². The molecule has 0 spiro atoms. The molecule has 0 saturated heterocycles. The third-order valence-corrected chi connectivity index (χ3v) is 2.67. The van der Waals surface area contributed by atoms with Crippen LogP contribution in [0.5, 0.6) is 0 Å². The third kappa shape index (κ3) is 3.50. The Morgan fingerprint density at radius 3 is 2.27 bits per heavy atom. The molecule has 0 atom stereocenters. The van der Waals surface area contributed by atoms with Gasteiger partial charge in [0.25, 0.3) is 10.1 Å². The number of hydrogen-bond donors (Lipinski definition) is 2. The van der Waals surface area contributed by atoms with Gasteiger partial charge in [0.2, 0.25) is 5.91 Å². The Kier molecular flexibility index (Phi) is 3.67. The number of benzene rings is 1. The largest absolute Gasteiger partial charge is 0.325 e. The molecule has 15 heavy (non-hydrogen) atoms. The van der Waals surface area contributed by atoms with E-state index in [1.54, 1.807) is 0 Å². The summed E-state index contributed by atoms with van der Waals surface area (Å²) < 4.78 is 30.0. The Balaban J connectivity index is 2.86. The Hall–Kier alpha value is -1.11. The van der Waals surface area contributed by atoms with Crippen LogP contribution in [0.1, 0.15) is 0 Å². The smallest absolute Gasteiger partial charge is 0.294 e. The topological polar surface area (TPSA) is 83.5 Å². The highest BCUT2D eigenvalue weighted by Crippen LogP contribution is 2.13. The molecule has 82 valence electrons. The van der Waals surface area contributed by atoms with Crippen LogP contribution in [0.2, 0.25) is 0 Å². The summed E-state index contributed by atoms with van der Waals surface area (Å²) in [6.07, 6.45) is 0. The van der Waals surface area contributed by atoms with E-state index in [0.717, 1.165) is 0 Å². The standard InChI is InChI=1S/C8H8ClNO4S/c9-5-8(11)10-6-1-3-7(4-2-6)15(12,13)14/h1-4H,5H2,(H,10,11)(H,12,13,14). The van der Waals surface area contributed by atoms with Crippen LogP contribution in [0, 0.1) is 0 Å². The third-order valence-electron chi connectivity index (χ3n) is 1.56. The Morgan fingerprint density at radius 1 is 1.33 bits per heavy atom. The first-order chi connectivity index (χ1) is 6.93. The summed E-state index contributed by atoms with van der Waals surface area (Å²) in [5, 5.41) is 2.42. The molecule has 0 bridgehead atoms. The summed E-state index contributed by atoms with van der Waals surface area (Å²) in [7, 11) is -4.19. The first-order valence-corrected chi connectivity index (χ1v) is 5.84. The van der Waals surface area contributed by atoms with Crippen molar-refractivity contribution in [2.24, 2.45) is 0 Å². The van der Waals surface area contributed by atoms with Crippen molar-refractivity contribution < 1.29 is 17.8 Å². The number of nitrogens with one attached hydrogen (secondary N) is 1. The number of carbonyl (C=O) groups excluding carboxylic acids is 1. The van der Waals surface area contributed by atoms with Crippen LogP contribution < -0.4 is 5.32 Å². The fourth-order valence-electron chi connectivity index (χ4n) is 0.905. The van der Waals surface area contributed by atoms with Gasteiger partial charge in [0.15, 0.2) is 0 Å². The van der Waals surface area contributed by atoms with Gasteiger partial charge >= 0.3 is 0 Å². The molecule has 1 rings (SSSR count). The van der Waals surface area contributed by atoms with Gasteiger partial charge in [-0.1, -0.05) is 0 Å². The van der Waals surface area contributed by atoms with E-state index in [0.29, 0.717) is 5.69 Å². The van der Waals surface area contributed by atoms with Crippen molar-refractivity contribution in [2.45, 2.75) is 4.90 Å². The minimum absolute atomic E-state index is 0.181. The minimum Gasteiger partial charge on any atom is -0.325 e. The van der Waals surface area contributed by atoms with Gasteiger partial charge in [-0.3, -0.25) is 9.35 Å². The quantitative estimate of drug-likeness (QED) is 0.621. The van der Waals surface area contributed by atoms with E-state index in [4.69, 9.17) is 16.2 Å². The lowest BCUT2D eigenvalue weighted by Gasteiger charge is -2.03. The summed E-state index contributed by atoms with van der Waals surface area (Å²) in [4.78, 5) is 10.6. The molecular weight excluding hydrogens is 242 g/mol. The van der Waals surface area contributed by atoms with E-state index >= 15 is 0 Å². The van der Waals surface area contributed by atoms with Gasteiger partial charge in [0, 0.05) is 5.69 Å². The van der Waals surface area contributed by atoms with Crippen molar-refractivity contribution in [1.29, 1.82) is 0 Å². The average Bonchev–Trinajstić information content (AvgIpc) is 2.17. The lowest BCUT2D eigenvalue weighted by molar-refractivity contribution is -0.113. The zero-order valence-electron chi connectivity index (χ0n) is 7.47. The highest BCUT2D eigenvalue weighted by atomic mass is 35.5. The van der Waals surface area contributed by atoms with E-state index < -0.39 is 16.0 Å². The molecule has 1 amide bonds. The predicted molar refractivity (Wildman–Crippen MR) is 55.6 cm³/mol. The molecule has 0 heterocycles. The molecule has 0 radical (unpaired) electrons. The summed E-state index contributed by atoms with van der Waals surface area (Å²) in [5.74, 6) is -0.573. The van der Waals surface area contributed by atoms with Crippen molar-refractivity contribution in [1.82, 2.24) is 0 Å². The van der Waals surface area contributed by atoms with Crippen molar-refractivity contribution in [3.63, 3.8) is 0 Å². The zero-order valence-corrected chi connectivity index (χ0v) is 9.05. The first kappa shape index (κ1) is 12.0. The Bertz CT molecular complexity index is 454. The molecule has 7 heteroatoms. The molecule has 0 fully saturated rings. The Labute approximate surface area is 91.8 Å². The van der Waals surface area contributed by atoms with Gasteiger partial charge in [0.05, 0.1) is 4.90 Å². The molecule has 5 nitrogen and oxygen atoms in total. The maximum atomic E-state index is 10.9. The van der Waals surface area contributed by atoms with Gasteiger partial charge in [0.1, 0.15) is 5.88 Å². The van der Waals surface area contributed by atoms with Crippen LogP contribution in [0.4, 0.5) is 5.69 Å². The van der Waals surface area contributed by atoms with E-state index in [2.05, 4.69) is 5.32 Å². The molecule has 0 aliphatic carbocycles. The van der Waals surface area contributed by atoms with E-state index in [1.165, 1.54) is 24.3 Å². The van der Waals surface area contributed by atoms with Crippen molar-refractivity contribution in [3.05, 3.63) is 24.3 Å². The SMILES string of the molecule is O=C(CCl)Nc1ccc(S(=O)(=O)O)cc1. The van der Waals surface area contributed by atoms with E-state index in [1.807, 2.05) is 0 Å². The van der Waals surface area contributed by atoms with Crippen LogP contribution in [0.25, 0.3) is 0 Å². The number of carbonyl (C=O) groups is 1. The highest BCUT2D eigenvalue weighted by Gasteiger charge is 2.08. The van der Waals surface area contributed by atoms with Gasteiger partial charge < -0.3 is 5.32 Å². The molecule has 0 saturated carbocycles. The maximum absolute atomic E-state index is 10.9. The molecule has 0 aromatic heterocycles. The normalized spacial score (nSPS) is 11.1. The number of alkyl halides is 1. The monoisotopic (exact) mass is 249 g/mol. The average molecular weight is 250 g/mol. The van der Waals surface area contributed by atoms with Gasteiger partial charge in [-0.2, -0.15) is 8.42 Å². The van der Waals surface area contributed by atoms with Crippen LogP contribution in [0.3, 0.4) is 0 Å². The summed E-state index contributed by atoms with van der Waals surface area (Å²) >= 11 is 5.26. The highest BCUT2D eigenvalue weighted by molar-refractivity contribution is 7.85. The number of halogens is 1. The van der Waals surface area contributed by atoms with Crippen molar-refractivity contribution >= 4 is 33.3 Å². The van der Waals surface area contributed by atoms with E-state index in [-0.39, 0.29) is 10.8 Å². The van der Waals surface area contributed by atoms with Crippen LogP contribution in [-0.2, 0) is 14.9 Å². The second kappa shape index (κ2) is 4.61.